The Kier molecular flexibility index (Phi) is 7.58. The van der Waals surface area contributed by atoms with Gasteiger partial charge in [-0.1, -0.05) is 34.1 Å². The monoisotopic (exact) mass is 171 g/mol. The maximum absolute atomic E-state index is 3.39. The first-order valence-corrected chi connectivity index (χ1v) is 5.55. The second-order valence-corrected chi connectivity index (χ2v) is 3.47. The van der Waals surface area contributed by atoms with Crippen molar-refractivity contribution in [2.75, 3.05) is 13.1 Å². The van der Waals surface area contributed by atoms with Crippen molar-refractivity contribution in [1.29, 1.82) is 0 Å². The molecule has 1 aliphatic heterocycles. The molecular formula is C11H25N. The van der Waals surface area contributed by atoms with Crippen LogP contribution in [-0.4, -0.2) is 13.1 Å². The molecule has 1 heterocycles. The zero-order valence-corrected chi connectivity index (χ0v) is 9.19. The van der Waals surface area contributed by atoms with Gasteiger partial charge in [-0.3, -0.25) is 0 Å². The standard InChI is InChI=1S/C9H19N.C2H6/c1-3-8(2)9-4-6-10-7-5-9;1-2/h8-10H,3-7H2,1-2H3;1-2H3. The van der Waals surface area contributed by atoms with Crippen LogP contribution in [0.4, 0.5) is 0 Å². The second-order valence-electron chi connectivity index (χ2n) is 3.47. The molecule has 74 valence electrons. The van der Waals surface area contributed by atoms with Crippen molar-refractivity contribution in [3.05, 3.63) is 0 Å². The van der Waals surface area contributed by atoms with E-state index in [1.165, 1.54) is 32.4 Å². The summed E-state index contributed by atoms with van der Waals surface area (Å²) >= 11 is 0. The highest BCUT2D eigenvalue weighted by Gasteiger charge is 2.17. The summed E-state index contributed by atoms with van der Waals surface area (Å²) in [6, 6.07) is 0. The summed E-state index contributed by atoms with van der Waals surface area (Å²) in [4.78, 5) is 0. The molecule has 0 aromatic heterocycles. The van der Waals surface area contributed by atoms with Crippen LogP contribution in [-0.2, 0) is 0 Å². The third-order valence-corrected chi connectivity index (χ3v) is 2.83. The summed E-state index contributed by atoms with van der Waals surface area (Å²) in [6.07, 6.45) is 4.15. The molecule has 1 N–H and O–H groups in total. The lowest BCUT2D eigenvalue weighted by Crippen LogP contribution is -2.30. The van der Waals surface area contributed by atoms with E-state index in [2.05, 4.69) is 19.2 Å². The number of hydrogen-bond donors (Lipinski definition) is 1. The minimum Gasteiger partial charge on any atom is -0.317 e. The van der Waals surface area contributed by atoms with E-state index >= 15 is 0 Å². The van der Waals surface area contributed by atoms with E-state index in [1.807, 2.05) is 13.8 Å². The zero-order valence-electron chi connectivity index (χ0n) is 9.19. The lowest BCUT2D eigenvalue weighted by molar-refractivity contribution is 0.270. The Hall–Kier alpha value is -0.0400. The van der Waals surface area contributed by atoms with Gasteiger partial charge in [-0.15, -0.1) is 0 Å². The van der Waals surface area contributed by atoms with Crippen molar-refractivity contribution in [2.45, 2.75) is 47.0 Å². The molecule has 0 radical (unpaired) electrons. The van der Waals surface area contributed by atoms with Crippen LogP contribution in [0, 0.1) is 11.8 Å². The molecular weight excluding hydrogens is 146 g/mol. The molecule has 12 heavy (non-hydrogen) atoms. The van der Waals surface area contributed by atoms with Gasteiger partial charge >= 0.3 is 0 Å². The van der Waals surface area contributed by atoms with E-state index in [1.54, 1.807) is 0 Å². The van der Waals surface area contributed by atoms with Crippen LogP contribution >= 0.6 is 0 Å². The van der Waals surface area contributed by atoms with Crippen molar-refractivity contribution in [1.82, 2.24) is 5.32 Å². The number of piperidine rings is 1. The van der Waals surface area contributed by atoms with Crippen molar-refractivity contribution in [3.8, 4) is 0 Å². The summed E-state index contributed by atoms with van der Waals surface area (Å²) in [6.45, 7) is 11.2. The van der Waals surface area contributed by atoms with E-state index in [-0.39, 0.29) is 0 Å². The molecule has 1 fully saturated rings. The fourth-order valence-corrected chi connectivity index (χ4v) is 1.75. The van der Waals surface area contributed by atoms with Crippen LogP contribution in [0.15, 0.2) is 0 Å². The lowest BCUT2D eigenvalue weighted by Gasteiger charge is -2.27. The Morgan fingerprint density at radius 1 is 1.25 bits per heavy atom. The highest BCUT2D eigenvalue weighted by atomic mass is 14.9. The van der Waals surface area contributed by atoms with Crippen LogP contribution in [0.3, 0.4) is 0 Å². The molecule has 1 nitrogen and oxygen atoms in total. The molecule has 0 aromatic rings. The molecule has 0 aromatic carbocycles. The predicted molar refractivity (Wildman–Crippen MR) is 56.4 cm³/mol. The number of rotatable bonds is 2. The molecule has 1 aliphatic rings. The van der Waals surface area contributed by atoms with Gasteiger partial charge < -0.3 is 5.32 Å². The third kappa shape index (κ3) is 4.10. The smallest absolute Gasteiger partial charge is 0.00462 e. The van der Waals surface area contributed by atoms with Crippen molar-refractivity contribution in [3.63, 3.8) is 0 Å². The molecule has 1 atom stereocenters. The Morgan fingerprint density at radius 2 is 1.75 bits per heavy atom. The molecule has 0 aliphatic carbocycles. The molecule has 1 unspecified atom stereocenters. The molecule has 0 amide bonds. The normalized spacial score (nSPS) is 21.0. The lowest BCUT2D eigenvalue weighted by atomic mass is 9.85. The quantitative estimate of drug-likeness (QED) is 0.673. The van der Waals surface area contributed by atoms with Gasteiger partial charge in [0.25, 0.3) is 0 Å². The predicted octanol–water partition coefficient (Wildman–Crippen LogP) is 3.06. The molecule has 0 spiro atoms. The Balaban J connectivity index is 0.000000561. The highest BCUT2D eigenvalue weighted by molar-refractivity contribution is 4.72. The Bertz CT molecular complexity index is 85.0. The van der Waals surface area contributed by atoms with E-state index in [0.717, 1.165) is 11.8 Å². The SMILES string of the molecule is CC.CCC(C)C1CCNCC1. The van der Waals surface area contributed by atoms with Crippen molar-refractivity contribution < 1.29 is 0 Å². The van der Waals surface area contributed by atoms with Gasteiger partial charge in [0.05, 0.1) is 0 Å². The Morgan fingerprint density at radius 3 is 2.17 bits per heavy atom. The minimum absolute atomic E-state index is 0.946. The van der Waals surface area contributed by atoms with Gasteiger partial charge in [-0.2, -0.15) is 0 Å². The minimum atomic E-state index is 0.946. The van der Waals surface area contributed by atoms with Crippen LogP contribution < -0.4 is 5.32 Å². The highest BCUT2D eigenvalue weighted by Crippen LogP contribution is 2.23. The van der Waals surface area contributed by atoms with Gasteiger partial charge in [0, 0.05) is 0 Å². The van der Waals surface area contributed by atoms with Crippen LogP contribution in [0.25, 0.3) is 0 Å². The number of nitrogens with one attached hydrogen (secondary N) is 1. The van der Waals surface area contributed by atoms with Crippen LogP contribution in [0.2, 0.25) is 0 Å². The Labute approximate surface area is 77.9 Å². The van der Waals surface area contributed by atoms with Crippen LogP contribution in [0.1, 0.15) is 47.0 Å². The zero-order chi connectivity index (χ0) is 9.40. The van der Waals surface area contributed by atoms with Gasteiger partial charge in [-0.05, 0) is 37.8 Å². The molecule has 0 saturated carbocycles. The van der Waals surface area contributed by atoms with Gasteiger partial charge in [0.1, 0.15) is 0 Å². The molecule has 0 bridgehead atoms. The summed E-state index contributed by atoms with van der Waals surface area (Å²) in [5.74, 6) is 1.95. The van der Waals surface area contributed by atoms with E-state index in [4.69, 9.17) is 0 Å². The summed E-state index contributed by atoms with van der Waals surface area (Å²) < 4.78 is 0. The van der Waals surface area contributed by atoms with E-state index in [9.17, 15) is 0 Å². The largest absolute Gasteiger partial charge is 0.317 e. The maximum Gasteiger partial charge on any atom is -0.00462 e. The number of hydrogen-bond acceptors (Lipinski definition) is 1. The average molecular weight is 171 g/mol. The van der Waals surface area contributed by atoms with Gasteiger partial charge in [-0.25, -0.2) is 0 Å². The third-order valence-electron chi connectivity index (χ3n) is 2.83. The van der Waals surface area contributed by atoms with Gasteiger partial charge in [0.2, 0.25) is 0 Å². The van der Waals surface area contributed by atoms with Crippen molar-refractivity contribution >= 4 is 0 Å². The summed E-state index contributed by atoms with van der Waals surface area (Å²) in [7, 11) is 0. The van der Waals surface area contributed by atoms with E-state index < -0.39 is 0 Å². The first-order valence-electron chi connectivity index (χ1n) is 5.55. The van der Waals surface area contributed by atoms with Gasteiger partial charge in [0.15, 0.2) is 0 Å². The topological polar surface area (TPSA) is 12.0 Å². The first-order chi connectivity index (χ1) is 5.84. The first kappa shape index (κ1) is 12.0. The molecule has 1 saturated heterocycles. The molecule has 1 rings (SSSR count). The average Bonchev–Trinajstić information content (AvgIpc) is 2.21. The van der Waals surface area contributed by atoms with Crippen molar-refractivity contribution in [2.24, 2.45) is 11.8 Å². The summed E-state index contributed by atoms with van der Waals surface area (Å²) in [5, 5.41) is 3.39. The molecule has 1 heteroatoms. The fourth-order valence-electron chi connectivity index (χ4n) is 1.75. The van der Waals surface area contributed by atoms with E-state index in [0.29, 0.717) is 0 Å². The second kappa shape index (κ2) is 7.60. The summed E-state index contributed by atoms with van der Waals surface area (Å²) in [5.41, 5.74) is 0. The van der Waals surface area contributed by atoms with Crippen LogP contribution in [0.5, 0.6) is 0 Å². The maximum atomic E-state index is 3.39. The fraction of sp³-hybridized carbons (Fsp3) is 1.00.